The minimum absolute atomic E-state index is 0.117. The number of methoxy groups -OCH3 is 2. The summed E-state index contributed by atoms with van der Waals surface area (Å²) in [5.74, 6) is 1.30. The summed E-state index contributed by atoms with van der Waals surface area (Å²) in [5.41, 5.74) is 1.26. The monoisotopic (exact) mass is 478 g/mol. The average molecular weight is 479 g/mol. The van der Waals surface area contributed by atoms with Crippen molar-refractivity contribution >= 4 is 33.6 Å². The van der Waals surface area contributed by atoms with Crippen LogP contribution in [0.1, 0.15) is 5.56 Å². The molecule has 32 heavy (non-hydrogen) atoms. The van der Waals surface area contributed by atoms with Gasteiger partial charge in [0.1, 0.15) is 12.4 Å². The van der Waals surface area contributed by atoms with Crippen molar-refractivity contribution in [3.8, 4) is 17.2 Å². The molecule has 1 amide bonds. The van der Waals surface area contributed by atoms with Gasteiger partial charge in [-0.3, -0.25) is 4.79 Å². The van der Waals surface area contributed by atoms with Crippen LogP contribution in [0.2, 0.25) is 5.02 Å². The van der Waals surface area contributed by atoms with E-state index in [-0.39, 0.29) is 43.6 Å². The molecule has 0 bridgehead atoms. The zero-order valence-corrected chi connectivity index (χ0v) is 19.3. The van der Waals surface area contributed by atoms with Gasteiger partial charge in [-0.05, 0) is 36.4 Å². The van der Waals surface area contributed by atoms with E-state index in [1.165, 1.54) is 30.7 Å². The molecule has 2 aromatic rings. The van der Waals surface area contributed by atoms with Crippen molar-refractivity contribution in [3.05, 3.63) is 52.6 Å². The molecular weight excluding hydrogens is 456 g/mol. The summed E-state index contributed by atoms with van der Waals surface area (Å²) >= 11 is 6.04. The summed E-state index contributed by atoms with van der Waals surface area (Å²) in [6, 6.07) is 9.74. The van der Waals surface area contributed by atoms with Gasteiger partial charge in [0, 0.05) is 42.8 Å². The Morgan fingerprint density at radius 1 is 1.00 bits per heavy atom. The Kier molecular flexibility index (Phi) is 6.32. The van der Waals surface area contributed by atoms with E-state index < -0.39 is 10.0 Å². The summed E-state index contributed by atoms with van der Waals surface area (Å²) in [6.07, 6.45) is 1.78. The Morgan fingerprint density at radius 3 is 2.41 bits per heavy atom. The summed E-state index contributed by atoms with van der Waals surface area (Å²) in [5, 5.41) is 0.561. The van der Waals surface area contributed by atoms with Gasteiger partial charge in [0.05, 0.1) is 24.7 Å². The highest BCUT2D eigenvalue weighted by Crippen LogP contribution is 2.32. The molecule has 0 atom stereocenters. The number of sulfonamides is 1. The zero-order valence-electron chi connectivity index (χ0n) is 17.7. The number of carbonyl (C=O) groups is 1. The lowest BCUT2D eigenvalue weighted by Gasteiger charge is -2.35. The minimum atomic E-state index is -3.73. The van der Waals surface area contributed by atoms with Crippen molar-refractivity contribution in [2.24, 2.45) is 0 Å². The molecule has 0 N–H and O–H groups in total. The van der Waals surface area contributed by atoms with E-state index in [1.54, 1.807) is 35.2 Å². The van der Waals surface area contributed by atoms with E-state index in [0.717, 1.165) is 5.56 Å². The largest absolute Gasteiger partial charge is 0.493 e. The van der Waals surface area contributed by atoms with Crippen molar-refractivity contribution in [3.63, 3.8) is 0 Å². The SMILES string of the molecule is COc1ccc(S(=O)(=O)N2CCN(C(=O)C3=Cc4cc(Cl)ccc4OC3)CC2)cc1OC. The van der Waals surface area contributed by atoms with Gasteiger partial charge in [-0.1, -0.05) is 11.6 Å². The van der Waals surface area contributed by atoms with Crippen LogP contribution >= 0.6 is 11.6 Å². The van der Waals surface area contributed by atoms with Crippen LogP contribution in [-0.2, 0) is 14.8 Å². The second-order valence-electron chi connectivity index (χ2n) is 7.35. The van der Waals surface area contributed by atoms with E-state index >= 15 is 0 Å². The topological polar surface area (TPSA) is 85.4 Å². The maximum Gasteiger partial charge on any atom is 0.253 e. The lowest BCUT2D eigenvalue weighted by atomic mass is 10.1. The lowest BCUT2D eigenvalue weighted by molar-refractivity contribution is -0.128. The van der Waals surface area contributed by atoms with Crippen LogP contribution in [0.5, 0.6) is 17.2 Å². The third-order valence-electron chi connectivity index (χ3n) is 5.48. The Bertz CT molecular complexity index is 1170. The van der Waals surface area contributed by atoms with Crippen molar-refractivity contribution in [1.29, 1.82) is 0 Å². The highest BCUT2D eigenvalue weighted by molar-refractivity contribution is 7.89. The van der Waals surface area contributed by atoms with Gasteiger partial charge in [0.15, 0.2) is 11.5 Å². The lowest BCUT2D eigenvalue weighted by Crippen LogP contribution is -2.51. The third kappa shape index (κ3) is 4.28. The molecule has 170 valence electrons. The van der Waals surface area contributed by atoms with E-state index in [2.05, 4.69) is 0 Å². The number of ether oxygens (including phenoxy) is 3. The van der Waals surface area contributed by atoms with Crippen LogP contribution in [-0.4, -0.2) is 70.5 Å². The van der Waals surface area contributed by atoms with Gasteiger partial charge in [-0.2, -0.15) is 4.31 Å². The number of piperazine rings is 1. The summed E-state index contributed by atoms with van der Waals surface area (Å²) in [7, 11) is -0.791. The van der Waals surface area contributed by atoms with Crippen LogP contribution < -0.4 is 14.2 Å². The number of carbonyl (C=O) groups excluding carboxylic acids is 1. The predicted molar refractivity (Wildman–Crippen MR) is 120 cm³/mol. The smallest absolute Gasteiger partial charge is 0.253 e. The number of fused-ring (bicyclic) bond motifs is 1. The van der Waals surface area contributed by atoms with E-state index in [4.69, 9.17) is 25.8 Å². The number of hydrogen-bond donors (Lipinski definition) is 0. The molecule has 2 aromatic carbocycles. The van der Waals surface area contributed by atoms with Crippen molar-refractivity contribution in [2.45, 2.75) is 4.90 Å². The van der Waals surface area contributed by atoms with E-state index in [9.17, 15) is 13.2 Å². The van der Waals surface area contributed by atoms with Gasteiger partial charge >= 0.3 is 0 Å². The van der Waals surface area contributed by atoms with Crippen molar-refractivity contribution < 1.29 is 27.4 Å². The summed E-state index contributed by atoms with van der Waals surface area (Å²) < 4.78 is 43.6. The Hall–Kier alpha value is -2.75. The molecule has 0 radical (unpaired) electrons. The predicted octanol–water partition coefficient (Wildman–Crippen LogP) is 2.67. The van der Waals surface area contributed by atoms with Gasteiger partial charge in [-0.15, -0.1) is 0 Å². The fraction of sp³-hybridized carbons (Fsp3) is 0.318. The molecule has 8 nitrogen and oxygen atoms in total. The fourth-order valence-corrected chi connectivity index (χ4v) is 5.35. The molecule has 10 heteroatoms. The standard InChI is InChI=1S/C22H23ClN2O6S/c1-29-20-6-4-18(13-21(20)30-2)32(27,28)25-9-7-24(8-10-25)22(26)16-11-15-12-17(23)3-5-19(15)31-14-16/h3-6,11-13H,7-10,14H2,1-2H3. The fourth-order valence-electron chi connectivity index (χ4n) is 3.73. The summed E-state index contributed by atoms with van der Waals surface area (Å²) in [6.45, 7) is 1.12. The second kappa shape index (κ2) is 9.01. The Labute approximate surface area is 192 Å². The molecule has 2 heterocycles. The molecule has 4 rings (SSSR count). The second-order valence-corrected chi connectivity index (χ2v) is 9.73. The minimum Gasteiger partial charge on any atom is -0.493 e. The van der Waals surface area contributed by atoms with Crippen LogP contribution in [0.3, 0.4) is 0 Å². The van der Waals surface area contributed by atoms with Crippen LogP contribution in [0.15, 0.2) is 46.9 Å². The molecule has 0 unspecified atom stereocenters. The zero-order chi connectivity index (χ0) is 22.9. The van der Waals surface area contributed by atoms with Gasteiger partial charge < -0.3 is 19.1 Å². The first kappa shape index (κ1) is 22.4. The Morgan fingerprint density at radius 2 is 1.72 bits per heavy atom. The maximum absolute atomic E-state index is 13.1. The number of rotatable bonds is 5. The molecule has 0 saturated carbocycles. The van der Waals surface area contributed by atoms with Gasteiger partial charge in [0.2, 0.25) is 10.0 Å². The van der Waals surface area contributed by atoms with Gasteiger partial charge in [0.25, 0.3) is 5.91 Å². The maximum atomic E-state index is 13.1. The molecule has 2 aliphatic heterocycles. The van der Waals surface area contributed by atoms with Gasteiger partial charge in [-0.25, -0.2) is 8.42 Å². The molecule has 0 aliphatic carbocycles. The average Bonchev–Trinajstić information content (AvgIpc) is 2.82. The first-order chi connectivity index (χ1) is 15.3. The number of nitrogens with zero attached hydrogens (tertiary/aromatic N) is 2. The molecular formula is C22H23ClN2O6S. The van der Waals surface area contributed by atoms with Crippen LogP contribution in [0.4, 0.5) is 0 Å². The molecule has 2 aliphatic rings. The van der Waals surface area contributed by atoms with E-state index in [1.807, 2.05) is 0 Å². The molecule has 0 spiro atoms. The third-order valence-corrected chi connectivity index (χ3v) is 7.61. The number of amides is 1. The van der Waals surface area contributed by atoms with Crippen molar-refractivity contribution in [1.82, 2.24) is 9.21 Å². The van der Waals surface area contributed by atoms with Crippen molar-refractivity contribution in [2.75, 3.05) is 47.0 Å². The number of hydrogen-bond acceptors (Lipinski definition) is 6. The highest BCUT2D eigenvalue weighted by atomic mass is 35.5. The summed E-state index contributed by atoms with van der Waals surface area (Å²) in [4.78, 5) is 14.7. The van der Waals surface area contributed by atoms with Crippen LogP contribution in [0, 0.1) is 0 Å². The molecule has 1 fully saturated rings. The quantitative estimate of drug-likeness (QED) is 0.656. The first-order valence-electron chi connectivity index (χ1n) is 9.98. The van der Waals surface area contributed by atoms with E-state index in [0.29, 0.717) is 27.8 Å². The number of benzene rings is 2. The molecule has 1 saturated heterocycles. The highest BCUT2D eigenvalue weighted by Gasteiger charge is 2.32. The molecule has 0 aromatic heterocycles. The van der Waals surface area contributed by atoms with Crippen LogP contribution in [0.25, 0.3) is 6.08 Å². The number of halogens is 1. The normalized spacial score (nSPS) is 16.6. The first-order valence-corrected chi connectivity index (χ1v) is 11.8. The Balaban J connectivity index is 1.45.